The molecule has 2 nitrogen and oxygen atoms in total. The van der Waals surface area contributed by atoms with Crippen LogP contribution in [0.25, 0.3) is 0 Å². The van der Waals surface area contributed by atoms with Crippen LogP contribution in [-0.2, 0) is 0 Å². The van der Waals surface area contributed by atoms with E-state index in [0.717, 1.165) is 11.1 Å². The minimum Gasteiger partial charge on any atom is -0.310 e. The normalized spacial score (nSPS) is 21.4. The Hall–Kier alpha value is -0.120. The maximum atomic E-state index is 4.12. The van der Waals surface area contributed by atoms with Crippen molar-refractivity contribution >= 4 is 28.3 Å². The Morgan fingerprint density at radius 1 is 1.43 bits per heavy atom. The van der Waals surface area contributed by atoms with Crippen LogP contribution in [0.15, 0.2) is 22.9 Å². The second-order valence-corrected chi connectivity index (χ2v) is 4.23. The molecule has 1 fully saturated rings. The number of pyridine rings is 1. The zero-order chi connectivity index (χ0) is 9.10. The average molecular weight is 278 g/mol. The molecule has 14 heavy (non-hydrogen) atoms. The van der Waals surface area contributed by atoms with Gasteiger partial charge in [-0.2, -0.15) is 0 Å². The third-order valence-corrected chi connectivity index (χ3v) is 2.90. The zero-order valence-electron chi connectivity index (χ0n) is 7.87. The van der Waals surface area contributed by atoms with Crippen molar-refractivity contribution in [1.29, 1.82) is 0 Å². The van der Waals surface area contributed by atoms with Crippen molar-refractivity contribution in [3.05, 3.63) is 28.5 Å². The standard InChI is InChI=1S/C10H13BrN2.ClH/c11-10-7-8(4-6-13-10)9-3-1-2-5-12-9;/h4,6-7,9,12H,1-3,5H2;1H/t9-;/m0./s1. The molecule has 0 radical (unpaired) electrons. The molecule has 1 aromatic rings. The summed E-state index contributed by atoms with van der Waals surface area (Å²) in [4.78, 5) is 4.12. The van der Waals surface area contributed by atoms with Crippen molar-refractivity contribution < 1.29 is 0 Å². The number of piperidine rings is 1. The van der Waals surface area contributed by atoms with Gasteiger partial charge in [0.25, 0.3) is 0 Å². The van der Waals surface area contributed by atoms with Crippen molar-refractivity contribution in [1.82, 2.24) is 10.3 Å². The molecule has 2 heterocycles. The smallest absolute Gasteiger partial charge is 0.106 e. The van der Waals surface area contributed by atoms with Gasteiger partial charge < -0.3 is 5.32 Å². The first-order valence-corrected chi connectivity index (χ1v) is 5.50. The summed E-state index contributed by atoms with van der Waals surface area (Å²) >= 11 is 3.39. The van der Waals surface area contributed by atoms with Crippen LogP contribution in [0, 0.1) is 0 Å². The highest BCUT2D eigenvalue weighted by Crippen LogP contribution is 2.23. The van der Waals surface area contributed by atoms with Crippen LogP contribution in [0.4, 0.5) is 0 Å². The molecule has 78 valence electrons. The van der Waals surface area contributed by atoms with Crippen LogP contribution in [-0.4, -0.2) is 11.5 Å². The number of hydrogen-bond acceptors (Lipinski definition) is 2. The lowest BCUT2D eigenvalue weighted by molar-refractivity contribution is 0.412. The lowest BCUT2D eigenvalue weighted by atomic mass is 9.99. The SMILES string of the molecule is Brc1cc([C@@H]2CCCCN2)ccn1.Cl. The fraction of sp³-hybridized carbons (Fsp3) is 0.500. The fourth-order valence-electron chi connectivity index (χ4n) is 1.77. The van der Waals surface area contributed by atoms with Gasteiger partial charge >= 0.3 is 0 Å². The van der Waals surface area contributed by atoms with Gasteiger partial charge in [0.2, 0.25) is 0 Å². The molecule has 0 spiro atoms. The maximum absolute atomic E-state index is 4.12. The average Bonchev–Trinajstić information content (AvgIpc) is 2.19. The Bertz CT molecular complexity index is 287. The molecule has 1 saturated heterocycles. The first-order chi connectivity index (χ1) is 6.36. The van der Waals surface area contributed by atoms with Crippen LogP contribution in [0.2, 0.25) is 0 Å². The van der Waals surface area contributed by atoms with Gasteiger partial charge in [-0.3, -0.25) is 0 Å². The molecule has 0 saturated carbocycles. The highest BCUT2D eigenvalue weighted by molar-refractivity contribution is 9.10. The van der Waals surface area contributed by atoms with Gasteiger partial charge in [-0.05, 0) is 53.0 Å². The molecule has 0 unspecified atom stereocenters. The quantitative estimate of drug-likeness (QED) is 0.798. The van der Waals surface area contributed by atoms with Crippen molar-refractivity contribution in [3.8, 4) is 0 Å². The van der Waals surface area contributed by atoms with E-state index in [9.17, 15) is 0 Å². The minimum absolute atomic E-state index is 0. The zero-order valence-corrected chi connectivity index (χ0v) is 10.3. The molecule has 0 bridgehead atoms. The number of nitrogens with zero attached hydrogens (tertiary/aromatic N) is 1. The van der Waals surface area contributed by atoms with E-state index in [1.165, 1.54) is 24.8 Å². The number of halogens is 2. The molecule has 1 N–H and O–H groups in total. The van der Waals surface area contributed by atoms with E-state index in [4.69, 9.17) is 0 Å². The van der Waals surface area contributed by atoms with Crippen LogP contribution < -0.4 is 5.32 Å². The van der Waals surface area contributed by atoms with Crippen molar-refractivity contribution in [3.63, 3.8) is 0 Å². The van der Waals surface area contributed by atoms with E-state index in [2.05, 4.69) is 38.4 Å². The molecule has 1 aliphatic rings. The van der Waals surface area contributed by atoms with Crippen molar-refractivity contribution in [2.75, 3.05) is 6.54 Å². The van der Waals surface area contributed by atoms with Gasteiger partial charge in [0.1, 0.15) is 4.60 Å². The van der Waals surface area contributed by atoms with Crippen molar-refractivity contribution in [2.24, 2.45) is 0 Å². The second-order valence-electron chi connectivity index (χ2n) is 3.41. The van der Waals surface area contributed by atoms with Gasteiger partial charge in [0, 0.05) is 12.2 Å². The summed E-state index contributed by atoms with van der Waals surface area (Å²) < 4.78 is 0.928. The predicted molar refractivity (Wildman–Crippen MR) is 63.8 cm³/mol. The Morgan fingerprint density at radius 2 is 2.29 bits per heavy atom. The summed E-state index contributed by atoms with van der Waals surface area (Å²) in [6.07, 6.45) is 5.74. The Balaban J connectivity index is 0.000000980. The topological polar surface area (TPSA) is 24.9 Å². The highest BCUT2D eigenvalue weighted by atomic mass is 79.9. The van der Waals surface area contributed by atoms with E-state index >= 15 is 0 Å². The summed E-state index contributed by atoms with van der Waals surface area (Å²) in [5.41, 5.74) is 1.35. The van der Waals surface area contributed by atoms with Crippen LogP contribution in [0.1, 0.15) is 30.9 Å². The minimum atomic E-state index is 0. The highest BCUT2D eigenvalue weighted by Gasteiger charge is 2.14. The first kappa shape index (κ1) is 12.0. The second kappa shape index (κ2) is 5.69. The van der Waals surface area contributed by atoms with E-state index < -0.39 is 0 Å². The monoisotopic (exact) mass is 276 g/mol. The Labute approximate surface area is 99.0 Å². The first-order valence-electron chi connectivity index (χ1n) is 4.71. The predicted octanol–water partition coefficient (Wildman–Crippen LogP) is 3.08. The van der Waals surface area contributed by atoms with Gasteiger partial charge in [0.05, 0.1) is 0 Å². The van der Waals surface area contributed by atoms with E-state index in [1.54, 1.807) is 0 Å². The van der Waals surface area contributed by atoms with Gasteiger partial charge in [-0.1, -0.05) is 6.42 Å². The molecule has 0 amide bonds. The van der Waals surface area contributed by atoms with Crippen LogP contribution in [0.5, 0.6) is 0 Å². The largest absolute Gasteiger partial charge is 0.310 e. The molecule has 1 atom stereocenters. The Morgan fingerprint density at radius 3 is 2.93 bits per heavy atom. The molecule has 0 aromatic carbocycles. The molecule has 0 aliphatic carbocycles. The maximum Gasteiger partial charge on any atom is 0.106 e. The van der Waals surface area contributed by atoms with Crippen LogP contribution in [0.3, 0.4) is 0 Å². The summed E-state index contributed by atoms with van der Waals surface area (Å²) in [7, 11) is 0. The van der Waals surface area contributed by atoms with E-state index in [-0.39, 0.29) is 12.4 Å². The van der Waals surface area contributed by atoms with Gasteiger partial charge in [-0.25, -0.2) is 4.98 Å². The van der Waals surface area contributed by atoms with Gasteiger partial charge in [0.15, 0.2) is 0 Å². The van der Waals surface area contributed by atoms with Crippen molar-refractivity contribution in [2.45, 2.75) is 25.3 Å². The molecule has 4 heteroatoms. The van der Waals surface area contributed by atoms with E-state index in [0.29, 0.717) is 6.04 Å². The summed E-state index contributed by atoms with van der Waals surface area (Å²) in [6.45, 7) is 1.14. The molecule has 1 aromatic heterocycles. The number of hydrogen-bond donors (Lipinski definition) is 1. The number of rotatable bonds is 1. The van der Waals surface area contributed by atoms with Gasteiger partial charge in [-0.15, -0.1) is 12.4 Å². The molecule has 2 rings (SSSR count). The molecular formula is C10H14BrClN2. The molecular weight excluding hydrogens is 263 g/mol. The van der Waals surface area contributed by atoms with Crippen LogP contribution >= 0.6 is 28.3 Å². The lowest BCUT2D eigenvalue weighted by Crippen LogP contribution is -2.26. The molecule has 1 aliphatic heterocycles. The summed E-state index contributed by atoms with van der Waals surface area (Å²) in [5.74, 6) is 0. The number of aromatic nitrogens is 1. The van der Waals surface area contributed by atoms with E-state index in [1.807, 2.05) is 6.20 Å². The third-order valence-electron chi connectivity index (χ3n) is 2.46. The third kappa shape index (κ3) is 2.94. The Kier molecular flexibility index (Phi) is 4.85. The summed E-state index contributed by atoms with van der Waals surface area (Å²) in [5, 5.41) is 3.51. The summed E-state index contributed by atoms with van der Waals surface area (Å²) in [6, 6.07) is 4.73. The lowest BCUT2D eigenvalue weighted by Gasteiger charge is -2.23. The number of nitrogens with one attached hydrogen (secondary N) is 1. The fourth-order valence-corrected chi connectivity index (χ4v) is 2.15.